The molecule has 1 saturated heterocycles. The molecule has 13 nitrogen and oxygen atoms in total. The lowest BCUT2D eigenvalue weighted by molar-refractivity contribution is -0.339. The van der Waals surface area contributed by atoms with Gasteiger partial charge in [0, 0.05) is 17.9 Å². The zero-order chi connectivity index (χ0) is 28.0. The molecule has 1 fully saturated rings. The highest BCUT2D eigenvalue weighted by atomic mass is 16.8. The van der Waals surface area contributed by atoms with Gasteiger partial charge >= 0.3 is 11.9 Å². The van der Waals surface area contributed by atoms with E-state index in [1.54, 1.807) is 0 Å². The van der Waals surface area contributed by atoms with Crippen LogP contribution < -0.4 is 0 Å². The molecule has 0 radical (unpaired) electrons. The van der Waals surface area contributed by atoms with Gasteiger partial charge in [0.15, 0.2) is 17.8 Å². The number of benzene rings is 1. The minimum absolute atomic E-state index is 0.0201. The van der Waals surface area contributed by atoms with Crippen LogP contribution in [0.2, 0.25) is 0 Å². The molecule has 208 valence electrons. The Labute approximate surface area is 217 Å². The lowest BCUT2D eigenvalue weighted by Gasteiger charge is -2.43. The molecule has 0 amide bonds. The smallest absolute Gasteiger partial charge is 0.334 e. The molecule has 1 aromatic carbocycles. The number of hydrogen-bond acceptors (Lipinski definition) is 12. The predicted molar refractivity (Wildman–Crippen MR) is 127 cm³/mol. The number of carbonyl (C=O) groups is 2. The van der Waals surface area contributed by atoms with Gasteiger partial charge in [0.05, 0.1) is 25.0 Å². The van der Waals surface area contributed by atoms with Crippen LogP contribution >= 0.6 is 0 Å². The van der Waals surface area contributed by atoms with E-state index in [2.05, 4.69) is 6.58 Å². The molecule has 8 atom stereocenters. The number of ether oxygens (including phenoxy) is 4. The van der Waals surface area contributed by atoms with Crippen LogP contribution in [0.5, 0.6) is 11.5 Å². The molecule has 2 heterocycles. The molecule has 8 unspecified atom stereocenters. The van der Waals surface area contributed by atoms with Gasteiger partial charge in [0.2, 0.25) is 6.29 Å². The number of carbonyl (C=O) groups excluding carboxylic acids is 1. The van der Waals surface area contributed by atoms with Gasteiger partial charge in [0.25, 0.3) is 0 Å². The van der Waals surface area contributed by atoms with E-state index in [4.69, 9.17) is 18.9 Å². The summed E-state index contributed by atoms with van der Waals surface area (Å²) in [5.41, 5.74) is 0.285. The average Bonchev–Trinajstić information content (AvgIpc) is 2.89. The van der Waals surface area contributed by atoms with Crippen LogP contribution in [0.3, 0.4) is 0 Å². The first kappa shape index (κ1) is 29.1. The molecule has 7 N–H and O–H groups in total. The Hall–Kier alpha value is -3.46. The average molecular weight is 539 g/mol. The fourth-order valence-corrected chi connectivity index (χ4v) is 4.13. The summed E-state index contributed by atoms with van der Waals surface area (Å²) in [5, 5.41) is 68.1. The number of rotatable bonds is 10. The van der Waals surface area contributed by atoms with Crippen molar-refractivity contribution in [2.24, 2.45) is 11.8 Å². The molecule has 38 heavy (non-hydrogen) atoms. The van der Waals surface area contributed by atoms with Gasteiger partial charge in [-0.15, -0.1) is 6.58 Å². The van der Waals surface area contributed by atoms with E-state index >= 15 is 0 Å². The van der Waals surface area contributed by atoms with Crippen LogP contribution in [0.4, 0.5) is 0 Å². The summed E-state index contributed by atoms with van der Waals surface area (Å²) in [7, 11) is 0. The first-order chi connectivity index (χ1) is 18.1. The van der Waals surface area contributed by atoms with E-state index in [0.717, 1.165) is 12.3 Å². The maximum atomic E-state index is 12.1. The Balaban J connectivity index is 1.65. The molecule has 13 heteroatoms. The SMILES string of the molecule is C=CC1C(OC2OC(CO)C(O)C(O)C2O)OC=C(C(=O)O)C1CCOC(=O)/C=C/c1ccc(O)c(O)c1. The predicted octanol–water partition coefficient (Wildman–Crippen LogP) is -0.396. The number of aliphatic carboxylic acids is 1. The van der Waals surface area contributed by atoms with E-state index in [0.29, 0.717) is 5.56 Å². The van der Waals surface area contributed by atoms with Gasteiger partial charge < -0.3 is 54.7 Å². The molecule has 0 spiro atoms. The van der Waals surface area contributed by atoms with Crippen molar-refractivity contribution in [1.29, 1.82) is 0 Å². The maximum absolute atomic E-state index is 12.1. The lowest BCUT2D eigenvalue weighted by atomic mass is 9.82. The first-order valence-electron chi connectivity index (χ1n) is 11.6. The molecule has 0 aromatic heterocycles. The number of phenolic OH excluding ortho intramolecular Hbond substituents is 2. The third kappa shape index (κ3) is 6.69. The van der Waals surface area contributed by atoms with E-state index < -0.39 is 67.4 Å². The Bertz CT molecular complexity index is 1070. The number of aliphatic hydroxyl groups excluding tert-OH is 4. The van der Waals surface area contributed by atoms with Gasteiger partial charge in [-0.1, -0.05) is 12.1 Å². The van der Waals surface area contributed by atoms with Crippen molar-refractivity contribution in [3.63, 3.8) is 0 Å². The van der Waals surface area contributed by atoms with Crippen molar-refractivity contribution in [3.05, 3.63) is 54.3 Å². The Morgan fingerprint density at radius 3 is 2.42 bits per heavy atom. The summed E-state index contributed by atoms with van der Waals surface area (Å²) in [6.07, 6.45) is -4.16. The molecule has 0 aliphatic carbocycles. The Morgan fingerprint density at radius 1 is 1.05 bits per heavy atom. The minimum Gasteiger partial charge on any atom is -0.504 e. The van der Waals surface area contributed by atoms with E-state index in [1.165, 1.54) is 30.4 Å². The molecule has 1 aromatic rings. The molecule has 3 rings (SSSR count). The van der Waals surface area contributed by atoms with Crippen LogP contribution in [0.15, 0.2) is 48.8 Å². The summed E-state index contributed by atoms with van der Waals surface area (Å²) < 4.78 is 21.6. The lowest BCUT2D eigenvalue weighted by Crippen LogP contribution is -2.60. The fraction of sp³-hybridized carbons (Fsp3) is 0.440. The second kappa shape index (κ2) is 12.9. The summed E-state index contributed by atoms with van der Waals surface area (Å²) in [5.74, 6) is -4.33. The molecular weight excluding hydrogens is 508 g/mol. The number of carboxylic acid groups (broad SMARTS) is 1. The monoisotopic (exact) mass is 538 g/mol. The number of hydrogen-bond donors (Lipinski definition) is 7. The topological polar surface area (TPSA) is 213 Å². The van der Waals surface area contributed by atoms with Crippen LogP contribution in [-0.2, 0) is 28.5 Å². The summed E-state index contributed by atoms with van der Waals surface area (Å²) in [6.45, 7) is 2.83. The van der Waals surface area contributed by atoms with Gasteiger partial charge in [-0.05, 0) is 30.2 Å². The number of esters is 1. The molecule has 2 aliphatic heterocycles. The van der Waals surface area contributed by atoms with Crippen molar-refractivity contribution in [1.82, 2.24) is 0 Å². The quantitative estimate of drug-likeness (QED) is 0.0876. The van der Waals surface area contributed by atoms with Gasteiger partial charge in [-0.25, -0.2) is 9.59 Å². The van der Waals surface area contributed by atoms with Crippen LogP contribution in [0.1, 0.15) is 12.0 Å². The Morgan fingerprint density at radius 2 is 1.79 bits per heavy atom. The molecule has 2 aliphatic rings. The third-order valence-corrected chi connectivity index (χ3v) is 6.23. The van der Waals surface area contributed by atoms with Gasteiger partial charge in [-0.3, -0.25) is 0 Å². The van der Waals surface area contributed by atoms with E-state index in [1.807, 2.05) is 0 Å². The van der Waals surface area contributed by atoms with Crippen molar-refractivity contribution in [3.8, 4) is 11.5 Å². The van der Waals surface area contributed by atoms with Gasteiger partial charge in [-0.2, -0.15) is 0 Å². The molecule has 0 saturated carbocycles. The summed E-state index contributed by atoms with van der Waals surface area (Å²) in [6, 6.07) is 3.97. The molecular formula is C25H30O13. The zero-order valence-electron chi connectivity index (χ0n) is 20.1. The normalized spacial score (nSPS) is 31.3. The third-order valence-electron chi connectivity index (χ3n) is 6.23. The van der Waals surface area contributed by atoms with E-state index in [-0.39, 0.29) is 30.1 Å². The van der Waals surface area contributed by atoms with Crippen LogP contribution in [0.25, 0.3) is 6.08 Å². The number of carboxylic acids is 1. The standard InChI is InChI=1S/C25H30O13/c1-2-13-14(7-8-35-19(29)6-4-12-3-5-16(27)17(28)9-12)15(23(33)34)11-36-24(13)38-25-22(32)21(31)20(30)18(10-26)37-25/h2-6,9,11,13-14,18,20-22,24-28,30-32H,1,7-8,10H2,(H,33,34)/b6-4+. The summed E-state index contributed by atoms with van der Waals surface area (Å²) >= 11 is 0. The van der Waals surface area contributed by atoms with Crippen molar-refractivity contribution >= 4 is 18.0 Å². The van der Waals surface area contributed by atoms with Gasteiger partial charge in [0.1, 0.15) is 24.4 Å². The highest BCUT2D eigenvalue weighted by Crippen LogP contribution is 2.36. The van der Waals surface area contributed by atoms with Crippen molar-refractivity contribution in [2.45, 2.75) is 43.4 Å². The zero-order valence-corrected chi connectivity index (χ0v) is 20.1. The highest BCUT2D eigenvalue weighted by molar-refractivity contribution is 5.88. The van der Waals surface area contributed by atoms with E-state index in [9.17, 15) is 45.3 Å². The largest absolute Gasteiger partial charge is 0.504 e. The number of phenols is 2. The summed E-state index contributed by atoms with van der Waals surface area (Å²) in [4.78, 5) is 23.9. The maximum Gasteiger partial charge on any atom is 0.334 e. The van der Waals surface area contributed by atoms with Crippen molar-refractivity contribution in [2.75, 3.05) is 13.2 Å². The minimum atomic E-state index is -1.70. The Kier molecular flexibility index (Phi) is 9.85. The fourth-order valence-electron chi connectivity index (χ4n) is 4.13. The second-order valence-corrected chi connectivity index (χ2v) is 8.67. The second-order valence-electron chi connectivity index (χ2n) is 8.67. The van der Waals surface area contributed by atoms with Crippen LogP contribution in [0, 0.1) is 11.8 Å². The molecule has 0 bridgehead atoms. The number of aromatic hydroxyl groups is 2. The number of aliphatic hydroxyl groups is 4. The van der Waals surface area contributed by atoms with Crippen LogP contribution in [-0.4, -0.2) is 97.9 Å². The highest BCUT2D eigenvalue weighted by Gasteiger charge is 2.47. The first-order valence-corrected chi connectivity index (χ1v) is 11.6. The van der Waals surface area contributed by atoms with Crippen molar-refractivity contribution < 1.29 is 64.3 Å².